The Hall–Kier alpha value is -2.29. The molecule has 2 rings (SSSR count). The van der Waals surface area contributed by atoms with Gasteiger partial charge in [0, 0.05) is 12.2 Å². The van der Waals surface area contributed by atoms with E-state index in [0.29, 0.717) is 13.0 Å². The van der Waals surface area contributed by atoms with Crippen molar-refractivity contribution >= 4 is 11.6 Å². The summed E-state index contributed by atoms with van der Waals surface area (Å²) in [5.41, 5.74) is 0.932. The molecule has 1 unspecified atom stereocenters. The molecular weight excluding hydrogens is 286 g/mol. The summed E-state index contributed by atoms with van der Waals surface area (Å²) >= 11 is 0. The van der Waals surface area contributed by atoms with Gasteiger partial charge in [0.05, 0.1) is 0 Å². The van der Waals surface area contributed by atoms with E-state index >= 15 is 0 Å². The summed E-state index contributed by atoms with van der Waals surface area (Å²) < 4.78 is 5.92. The summed E-state index contributed by atoms with van der Waals surface area (Å²) in [6, 6.07) is 19.4. The van der Waals surface area contributed by atoms with Crippen LogP contribution in [0.5, 0.6) is 5.75 Å². The number of amides is 1. The number of hydrogen-bond donors (Lipinski definition) is 0. The van der Waals surface area contributed by atoms with Crippen LogP contribution in [-0.2, 0) is 4.79 Å². The van der Waals surface area contributed by atoms with Crippen LogP contribution in [-0.4, -0.2) is 18.6 Å². The van der Waals surface area contributed by atoms with Crippen molar-refractivity contribution in [2.45, 2.75) is 39.2 Å². The number of carbonyl (C=O) groups excluding carboxylic acids is 1. The van der Waals surface area contributed by atoms with Crippen molar-refractivity contribution in [3.63, 3.8) is 0 Å². The van der Waals surface area contributed by atoms with Gasteiger partial charge in [-0.05, 0) is 37.1 Å². The smallest absolute Gasteiger partial charge is 0.268 e. The maximum atomic E-state index is 13.0. The average Bonchev–Trinajstić information content (AvgIpc) is 2.61. The standard InChI is InChI=1S/C20H25NO2/c1-3-5-16-21(17-12-8-6-9-13-17)20(22)19(4-2)23-18-14-10-7-11-15-18/h6-15,19H,3-5,16H2,1-2H3. The summed E-state index contributed by atoms with van der Waals surface area (Å²) in [7, 11) is 0. The van der Waals surface area contributed by atoms with Crippen molar-refractivity contribution in [1.82, 2.24) is 0 Å². The molecule has 0 radical (unpaired) electrons. The summed E-state index contributed by atoms with van der Waals surface area (Å²) in [6.45, 7) is 4.83. The lowest BCUT2D eigenvalue weighted by atomic mass is 10.2. The van der Waals surface area contributed by atoms with Gasteiger partial charge in [-0.25, -0.2) is 0 Å². The fourth-order valence-corrected chi connectivity index (χ4v) is 2.44. The van der Waals surface area contributed by atoms with Crippen LogP contribution in [0.15, 0.2) is 60.7 Å². The molecule has 3 heteroatoms. The van der Waals surface area contributed by atoms with Crippen molar-refractivity contribution < 1.29 is 9.53 Å². The summed E-state index contributed by atoms with van der Waals surface area (Å²) in [5, 5.41) is 0. The van der Waals surface area contributed by atoms with E-state index in [2.05, 4.69) is 6.92 Å². The van der Waals surface area contributed by atoms with Gasteiger partial charge in [0.15, 0.2) is 6.10 Å². The van der Waals surface area contributed by atoms with Gasteiger partial charge in [-0.2, -0.15) is 0 Å². The topological polar surface area (TPSA) is 29.5 Å². The first kappa shape index (κ1) is 17.1. The second kappa shape index (κ2) is 8.99. The third-order valence-electron chi connectivity index (χ3n) is 3.74. The SMILES string of the molecule is CCCCN(C(=O)C(CC)Oc1ccccc1)c1ccccc1. The molecule has 0 aliphatic rings. The third kappa shape index (κ3) is 4.85. The lowest BCUT2D eigenvalue weighted by molar-refractivity contribution is -0.125. The monoisotopic (exact) mass is 311 g/mol. The third-order valence-corrected chi connectivity index (χ3v) is 3.74. The van der Waals surface area contributed by atoms with Gasteiger partial charge in [-0.1, -0.05) is 56.7 Å². The summed E-state index contributed by atoms with van der Waals surface area (Å²) in [5.74, 6) is 0.757. The van der Waals surface area contributed by atoms with E-state index in [1.54, 1.807) is 0 Å². The first-order valence-corrected chi connectivity index (χ1v) is 8.34. The van der Waals surface area contributed by atoms with Crippen LogP contribution in [0.25, 0.3) is 0 Å². The second-order valence-electron chi connectivity index (χ2n) is 5.51. The predicted octanol–water partition coefficient (Wildman–Crippen LogP) is 4.68. The molecular formula is C20H25NO2. The van der Waals surface area contributed by atoms with E-state index in [1.165, 1.54) is 0 Å². The van der Waals surface area contributed by atoms with Crippen LogP contribution in [0.2, 0.25) is 0 Å². The summed E-state index contributed by atoms with van der Waals surface area (Å²) in [6.07, 6.45) is 2.20. The van der Waals surface area contributed by atoms with Crippen molar-refractivity contribution in [1.29, 1.82) is 0 Å². The number of rotatable bonds is 8. The molecule has 3 nitrogen and oxygen atoms in total. The number of nitrogens with zero attached hydrogens (tertiary/aromatic N) is 1. The molecule has 23 heavy (non-hydrogen) atoms. The zero-order valence-electron chi connectivity index (χ0n) is 13.9. The van der Waals surface area contributed by atoms with Crippen LogP contribution >= 0.6 is 0 Å². The number of benzene rings is 2. The Morgan fingerprint density at radius 1 is 1.00 bits per heavy atom. The zero-order valence-corrected chi connectivity index (χ0v) is 13.9. The first-order chi connectivity index (χ1) is 11.3. The fourth-order valence-electron chi connectivity index (χ4n) is 2.44. The number of ether oxygens (including phenoxy) is 1. The number of carbonyl (C=O) groups is 1. The van der Waals surface area contributed by atoms with Gasteiger partial charge >= 0.3 is 0 Å². The molecule has 122 valence electrons. The molecule has 0 saturated heterocycles. The normalized spacial score (nSPS) is 11.7. The van der Waals surface area contributed by atoms with Crippen molar-refractivity contribution in [3.8, 4) is 5.75 Å². The van der Waals surface area contributed by atoms with Crippen LogP contribution in [0.3, 0.4) is 0 Å². The minimum Gasteiger partial charge on any atom is -0.481 e. The maximum Gasteiger partial charge on any atom is 0.268 e. The molecule has 0 aliphatic carbocycles. The van der Waals surface area contributed by atoms with Gasteiger partial charge in [0.2, 0.25) is 0 Å². The Morgan fingerprint density at radius 2 is 1.61 bits per heavy atom. The fraction of sp³-hybridized carbons (Fsp3) is 0.350. The molecule has 0 heterocycles. The Labute approximate surface area is 138 Å². The molecule has 0 bridgehead atoms. The van der Waals surface area contributed by atoms with E-state index in [0.717, 1.165) is 24.3 Å². The molecule has 0 spiro atoms. The van der Waals surface area contributed by atoms with Crippen molar-refractivity contribution in [2.75, 3.05) is 11.4 Å². The quantitative estimate of drug-likeness (QED) is 0.708. The molecule has 0 fully saturated rings. The lowest BCUT2D eigenvalue weighted by Crippen LogP contribution is -2.42. The van der Waals surface area contributed by atoms with E-state index in [-0.39, 0.29) is 5.91 Å². The second-order valence-corrected chi connectivity index (χ2v) is 5.51. The van der Waals surface area contributed by atoms with Gasteiger partial charge in [0.25, 0.3) is 5.91 Å². The molecule has 1 amide bonds. The zero-order chi connectivity index (χ0) is 16.5. The van der Waals surface area contributed by atoms with Crippen LogP contribution in [0.1, 0.15) is 33.1 Å². The van der Waals surface area contributed by atoms with Gasteiger partial charge in [-0.15, -0.1) is 0 Å². The Balaban J connectivity index is 2.17. The molecule has 0 aliphatic heterocycles. The highest BCUT2D eigenvalue weighted by Gasteiger charge is 2.25. The Kier molecular flexibility index (Phi) is 6.67. The van der Waals surface area contributed by atoms with Crippen LogP contribution in [0, 0.1) is 0 Å². The first-order valence-electron chi connectivity index (χ1n) is 8.34. The van der Waals surface area contributed by atoms with Crippen molar-refractivity contribution in [3.05, 3.63) is 60.7 Å². The van der Waals surface area contributed by atoms with E-state index < -0.39 is 6.10 Å². The molecule has 1 atom stereocenters. The van der Waals surface area contributed by atoms with E-state index in [9.17, 15) is 4.79 Å². The van der Waals surface area contributed by atoms with Gasteiger partial charge < -0.3 is 9.64 Å². The van der Waals surface area contributed by atoms with Crippen LogP contribution < -0.4 is 9.64 Å². The average molecular weight is 311 g/mol. The number of anilines is 1. The molecule has 0 N–H and O–H groups in total. The lowest BCUT2D eigenvalue weighted by Gasteiger charge is -2.27. The predicted molar refractivity (Wildman–Crippen MR) is 94.9 cm³/mol. The highest BCUT2D eigenvalue weighted by atomic mass is 16.5. The highest BCUT2D eigenvalue weighted by molar-refractivity contribution is 5.96. The highest BCUT2D eigenvalue weighted by Crippen LogP contribution is 2.19. The molecule has 2 aromatic carbocycles. The van der Waals surface area contributed by atoms with Gasteiger partial charge in [-0.3, -0.25) is 4.79 Å². The van der Waals surface area contributed by atoms with Gasteiger partial charge in [0.1, 0.15) is 5.75 Å². The maximum absolute atomic E-state index is 13.0. The Bertz CT molecular complexity index is 583. The molecule has 0 saturated carbocycles. The molecule has 0 aromatic heterocycles. The number of hydrogen-bond acceptors (Lipinski definition) is 2. The minimum absolute atomic E-state index is 0.0241. The largest absolute Gasteiger partial charge is 0.481 e. The Morgan fingerprint density at radius 3 is 2.17 bits per heavy atom. The van der Waals surface area contributed by atoms with E-state index in [1.807, 2.05) is 72.5 Å². The molecule has 2 aromatic rings. The van der Waals surface area contributed by atoms with Crippen molar-refractivity contribution in [2.24, 2.45) is 0 Å². The van der Waals surface area contributed by atoms with Crippen LogP contribution in [0.4, 0.5) is 5.69 Å². The number of unbranched alkanes of at least 4 members (excludes halogenated alkanes) is 1. The summed E-state index contributed by atoms with van der Waals surface area (Å²) in [4.78, 5) is 14.8. The van der Waals surface area contributed by atoms with E-state index in [4.69, 9.17) is 4.74 Å². The minimum atomic E-state index is -0.463. The number of para-hydroxylation sites is 2.